The molecule has 1 heterocycles. The smallest absolute Gasteiger partial charge is 0.138 e. The number of phenolic OH excluding ortho intramolecular Hbond substituents is 1. The van der Waals surface area contributed by atoms with E-state index in [2.05, 4.69) is 94.6 Å². The molecule has 4 nitrogen and oxygen atoms in total. The number of phenols is 1. The van der Waals surface area contributed by atoms with E-state index in [0.717, 1.165) is 45.2 Å². The third kappa shape index (κ3) is 5.29. The third-order valence-electron chi connectivity index (χ3n) is 5.82. The first-order valence-corrected chi connectivity index (χ1v) is 11.5. The van der Waals surface area contributed by atoms with Crippen molar-refractivity contribution in [2.45, 2.75) is 66.2 Å². The molecule has 0 spiro atoms. The van der Waals surface area contributed by atoms with Crippen LogP contribution in [-0.4, -0.2) is 22.1 Å². The Balaban J connectivity index is 0.00000432. The van der Waals surface area contributed by atoms with Gasteiger partial charge in [0, 0.05) is 54.1 Å². The first-order chi connectivity index (χ1) is 15.8. The number of nitrogens with zero attached hydrogens (tertiary/aromatic N) is 2. The number of aromatic hydroxyl groups is 1. The van der Waals surface area contributed by atoms with E-state index in [1.54, 1.807) is 6.92 Å². The number of nitrogens with one attached hydrogen (secondary N) is 1. The van der Waals surface area contributed by atoms with Gasteiger partial charge in [0.2, 0.25) is 0 Å². The van der Waals surface area contributed by atoms with E-state index in [1.165, 1.54) is 0 Å². The molecule has 0 saturated heterocycles. The van der Waals surface area contributed by atoms with Crippen molar-refractivity contribution < 1.29 is 6.53 Å². The van der Waals surface area contributed by atoms with Gasteiger partial charge in [0.1, 0.15) is 11.6 Å². The fourth-order valence-corrected chi connectivity index (χ4v) is 3.87. The summed E-state index contributed by atoms with van der Waals surface area (Å²) in [6, 6.07) is 15.3. The summed E-state index contributed by atoms with van der Waals surface area (Å²) >= 11 is 0. The van der Waals surface area contributed by atoms with Crippen LogP contribution in [0.25, 0.3) is 22.6 Å². The molecule has 0 amide bonds. The number of aromatic nitrogens is 2. The summed E-state index contributed by atoms with van der Waals surface area (Å²) in [4.78, 5) is 10.3. The molecule has 3 rings (SSSR count). The minimum atomic E-state index is -0.196. The summed E-state index contributed by atoms with van der Waals surface area (Å²) in [5, 5.41) is 11.1. The van der Waals surface area contributed by atoms with Crippen LogP contribution in [0.15, 0.2) is 36.4 Å². The number of H-pyrrole nitrogens is 1. The van der Waals surface area contributed by atoms with Gasteiger partial charge in [-0.05, 0) is 54.9 Å². The Labute approximate surface area is 205 Å². The number of aryl methyl sites for hydroxylation is 1. The maximum absolute atomic E-state index is 11.1. The summed E-state index contributed by atoms with van der Waals surface area (Å²) in [5.41, 5.74) is 6.36. The average Bonchev–Trinajstić information content (AvgIpc) is 3.14. The molecule has 0 atom stereocenters. The maximum Gasteiger partial charge on any atom is 0.138 e. The van der Waals surface area contributed by atoms with Gasteiger partial charge in [-0.2, -0.15) is 0 Å². The van der Waals surface area contributed by atoms with Crippen molar-refractivity contribution in [1.82, 2.24) is 9.97 Å². The van der Waals surface area contributed by atoms with Gasteiger partial charge in [0.05, 0.1) is 5.69 Å². The number of rotatable bonds is 3. The number of benzene rings is 2. The second-order valence-electron chi connectivity index (χ2n) is 10.7. The fourth-order valence-electron chi connectivity index (χ4n) is 3.87. The highest BCUT2D eigenvalue weighted by Gasteiger charge is 2.27. The lowest BCUT2D eigenvalue weighted by Crippen LogP contribution is -2.17. The van der Waals surface area contributed by atoms with Gasteiger partial charge in [-0.25, -0.2) is 4.98 Å². The second kappa shape index (κ2) is 9.32. The van der Waals surface area contributed by atoms with E-state index in [-0.39, 0.29) is 12.3 Å². The summed E-state index contributed by atoms with van der Waals surface area (Å²) in [5.74, 6) is 9.54. The molecule has 0 saturated carbocycles. The van der Waals surface area contributed by atoms with Gasteiger partial charge in [-0.1, -0.05) is 59.6 Å². The highest BCUT2D eigenvalue weighted by molar-refractivity contribution is 5.71. The normalized spacial score (nSPS) is 11.3. The minimum Gasteiger partial charge on any atom is -0.507 e. The van der Waals surface area contributed by atoms with E-state index in [1.807, 2.05) is 31.0 Å². The molecule has 0 aliphatic heterocycles. The van der Waals surface area contributed by atoms with Crippen molar-refractivity contribution in [1.29, 1.82) is 0 Å². The minimum absolute atomic E-state index is 0. The van der Waals surface area contributed by atoms with Crippen LogP contribution in [0.3, 0.4) is 0 Å². The molecule has 2 aromatic carbocycles. The molecule has 3 aromatic rings. The Kier molecular flexibility index (Phi) is 6.85. The zero-order valence-electron chi connectivity index (χ0n) is 21.8. The SMILES string of the molecule is CC#CC#CN(C)c1ccc(-c2nc(-c3cc(C(C)(C)C)c(O)c(C(C)(C)C)c3)[nH]c2C)cc1.[HH]. The first kappa shape index (κ1) is 25.0. The molecular weight excluding hydrogens is 418 g/mol. The van der Waals surface area contributed by atoms with Crippen molar-refractivity contribution in [2.75, 3.05) is 11.9 Å². The maximum atomic E-state index is 11.1. The molecule has 178 valence electrons. The Morgan fingerprint density at radius 3 is 1.97 bits per heavy atom. The van der Waals surface area contributed by atoms with Crippen LogP contribution in [0.4, 0.5) is 5.69 Å². The van der Waals surface area contributed by atoms with Gasteiger partial charge in [-0.3, -0.25) is 0 Å². The van der Waals surface area contributed by atoms with E-state index in [9.17, 15) is 5.11 Å². The van der Waals surface area contributed by atoms with Crippen molar-refractivity contribution in [2.24, 2.45) is 0 Å². The number of anilines is 1. The van der Waals surface area contributed by atoms with E-state index < -0.39 is 0 Å². The number of hydrogen-bond acceptors (Lipinski definition) is 3. The lowest BCUT2D eigenvalue weighted by atomic mass is 9.78. The van der Waals surface area contributed by atoms with E-state index >= 15 is 0 Å². The van der Waals surface area contributed by atoms with Gasteiger partial charge < -0.3 is 15.0 Å². The third-order valence-corrected chi connectivity index (χ3v) is 5.82. The van der Waals surface area contributed by atoms with E-state index in [4.69, 9.17) is 4.98 Å². The summed E-state index contributed by atoms with van der Waals surface area (Å²) in [6.45, 7) is 16.5. The van der Waals surface area contributed by atoms with Crippen molar-refractivity contribution in [3.63, 3.8) is 0 Å². The van der Waals surface area contributed by atoms with Crippen LogP contribution in [0.1, 0.15) is 66.7 Å². The van der Waals surface area contributed by atoms with Crippen molar-refractivity contribution >= 4 is 5.69 Å². The molecule has 0 fully saturated rings. The molecule has 0 unspecified atom stereocenters. The number of hydrogen-bond donors (Lipinski definition) is 2. The highest BCUT2D eigenvalue weighted by Crippen LogP contribution is 2.42. The second-order valence-corrected chi connectivity index (χ2v) is 10.7. The Morgan fingerprint density at radius 2 is 1.47 bits per heavy atom. The molecule has 0 bridgehead atoms. The largest absolute Gasteiger partial charge is 0.507 e. The predicted octanol–water partition coefficient (Wildman–Crippen LogP) is 7.02. The van der Waals surface area contributed by atoms with Crippen LogP contribution in [0.2, 0.25) is 0 Å². The summed E-state index contributed by atoms with van der Waals surface area (Å²) in [7, 11) is 1.92. The van der Waals surface area contributed by atoms with Gasteiger partial charge in [-0.15, -0.1) is 0 Å². The van der Waals surface area contributed by atoms with Crippen molar-refractivity contribution in [3.8, 4) is 52.2 Å². The van der Waals surface area contributed by atoms with Crippen molar-refractivity contribution in [3.05, 3.63) is 53.2 Å². The summed E-state index contributed by atoms with van der Waals surface area (Å²) in [6.07, 6.45) is 0. The zero-order chi connectivity index (χ0) is 25.3. The monoisotopic (exact) mass is 455 g/mol. The van der Waals surface area contributed by atoms with Gasteiger partial charge >= 0.3 is 0 Å². The molecule has 0 aliphatic rings. The lowest BCUT2D eigenvalue weighted by Gasteiger charge is -2.28. The standard InChI is InChI=1S/C30H35N3O.H2/c1-10-11-12-17-33(9)23-15-13-21(14-16-23)26-20(2)31-28(32-26)22-18-24(29(3,4)5)27(34)25(19-22)30(6,7)8;/h13-16,18-19,34H,1-9H3,(H,31,32);1H. The fraction of sp³-hybridized carbons (Fsp3) is 0.367. The lowest BCUT2D eigenvalue weighted by molar-refractivity contribution is 0.423. The van der Waals surface area contributed by atoms with Crippen LogP contribution in [-0.2, 0) is 10.8 Å². The molecule has 0 radical (unpaired) electrons. The summed E-state index contributed by atoms with van der Waals surface area (Å²) < 4.78 is 0. The quantitative estimate of drug-likeness (QED) is 0.330. The van der Waals surface area contributed by atoms with Crippen LogP contribution in [0, 0.1) is 30.7 Å². The molecular formula is C30H37N3O. The van der Waals surface area contributed by atoms with Crippen LogP contribution < -0.4 is 4.90 Å². The average molecular weight is 456 g/mol. The predicted molar refractivity (Wildman–Crippen MR) is 145 cm³/mol. The molecule has 34 heavy (non-hydrogen) atoms. The Bertz CT molecular complexity index is 1280. The van der Waals surface area contributed by atoms with Crippen LogP contribution in [0.5, 0.6) is 5.75 Å². The van der Waals surface area contributed by atoms with Gasteiger partial charge in [0.15, 0.2) is 0 Å². The zero-order valence-corrected chi connectivity index (χ0v) is 21.8. The Hall–Kier alpha value is -3.63. The van der Waals surface area contributed by atoms with Gasteiger partial charge in [0.25, 0.3) is 0 Å². The molecule has 1 aromatic heterocycles. The topological polar surface area (TPSA) is 52.1 Å². The number of aromatic amines is 1. The molecule has 0 aliphatic carbocycles. The van der Waals surface area contributed by atoms with Crippen LogP contribution >= 0.6 is 0 Å². The van der Waals surface area contributed by atoms with E-state index in [0.29, 0.717) is 5.75 Å². The Morgan fingerprint density at radius 1 is 0.912 bits per heavy atom. The highest BCUT2D eigenvalue weighted by atomic mass is 16.3. The first-order valence-electron chi connectivity index (χ1n) is 11.5. The number of imidazole rings is 1. The molecule has 4 heteroatoms. The molecule has 2 N–H and O–H groups in total.